The fraction of sp³-hybridized carbons (Fsp3) is 0.708. The van der Waals surface area contributed by atoms with Gasteiger partial charge in [0.25, 0.3) is 0 Å². The molecular weight excluding hydrogens is 318 g/mol. The minimum absolute atomic E-state index is 0.0658. The molecule has 0 radical (unpaired) electrons. The summed E-state index contributed by atoms with van der Waals surface area (Å²) < 4.78 is 0. The van der Waals surface area contributed by atoms with Crippen LogP contribution in [0.2, 0.25) is 0 Å². The van der Waals surface area contributed by atoms with Crippen LogP contribution in [0.15, 0.2) is 30.3 Å². The maximum atomic E-state index is 13.0. The van der Waals surface area contributed by atoms with Gasteiger partial charge >= 0.3 is 0 Å². The molecule has 0 unspecified atom stereocenters. The fourth-order valence-corrected chi connectivity index (χ4v) is 6.57. The molecule has 0 aliphatic heterocycles. The number of carbonyl (C=O) groups is 1. The van der Waals surface area contributed by atoms with Gasteiger partial charge in [0.1, 0.15) is 0 Å². The Morgan fingerprint density at radius 2 is 1.58 bits per heavy atom. The van der Waals surface area contributed by atoms with Gasteiger partial charge in [-0.05, 0) is 66.3 Å². The van der Waals surface area contributed by atoms with Gasteiger partial charge in [0.05, 0.1) is 0 Å². The third kappa shape index (κ3) is 3.00. The molecule has 4 bridgehead atoms. The van der Waals surface area contributed by atoms with Crippen LogP contribution >= 0.6 is 0 Å². The summed E-state index contributed by atoms with van der Waals surface area (Å²) in [6, 6.07) is 11.0. The van der Waals surface area contributed by atoms with Gasteiger partial charge < -0.3 is 5.32 Å². The van der Waals surface area contributed by atoms with Crippen LogP contribution in [-0.4, -0.2) is 12.5 Å². The van der Waals surface area contributed by atoms with Crippen molar-refractivity contribution >= 4 is 5.91 Å². The van der Waals surface area contributed by atoms with Crippen LogP contribution in [0.5, 0.6) is 0 Å². The van der Waals surface area contributed by atoms with E-state index in [9.17, 15) is 4.79 Å². The zero-order valence-electron chi connectivity index (χ0n) is 16.9. The Morgan fingerprint density at radius 3 is 2.08 bits per heavy atom. The molecule has 1 amide bonds. The molecule has 0 aromatic heterocycles. The lowest BCUT2D eigenvalue weighted by Gasteiger charge is -2.63. The van der Waals surface area contributed by atoms with E-state index in [1.54, 1.807) is 0 Å². The SMILES string of the molecule is CC1C2CC3CC1CC(C2)C3(CC(=O)NCC(C)(C)C)c1ccccc1. The molecule has 4 aliphatic rings. The second-order valence-corrected chi connectivity index (χ2v) is 10.6. The van der Waals surface area contributed by atoms with Gasteiger partial charge in [0, 0.05) is 18.4 Å². The van der Waals surface area contributed by atoms with E-state index in [0.717, 1.165) is 24.3 Å². The topological polar surface area (TPSA) is 29.1 Å². The molecule has 1 aromatic carbocycles. The molecule has 1 N–H and O–H groups in total. The van der Waals surface area contributed by atoms with E-state index in [-0.39, 0.29) is 16.7 Å². The number of hydrogen-bond acceptors (Lipinski definition) is 1. The molecule has 5 rings (SSSR count). The highest BCUT2D eigenvalue weighted by molar-refractivity contribution is 5.78. The molecule has 0 spiro atoms. The molecule has 0 saturated heterocycles. The third-order valence-electron chi connectivity index (χ3n) is 7.87. The average Bonchev–Trinajstić information content (AvgIpc) is 2.58. The highest BCUT2D eigenvalue weighted by atomic mass is 16.1. The van der Waals surface area contributed by atoms with Gasteiger partial charge in [-0.3, -0.25) is 4.79 Å². The van der Waals surface area contributed by atoms with Gasteiger partial charge in [-0.15, -0.1) is 0 Å². The van der Waals surface area contributed by atoms with Gasteiger partial charge in [-0.25, -0.2) is 0 Å². The van der Waals surface area contributed by atoms with E-state index in [1.165, 1.54) is 31.2 Å². The van der Waals surface area contributed by atoms with Gasteiger partial charge in [-0.1, -0.05) is 58.0 Å². The summed E-state index contributed by atoms with van der Waals surface area (Å²) >= 11 is 0. The zero-order valence-corrected chi connectivity index (χ0v) is 16.9. The quantitative estimate of drug-likeness (QED) is 0.794. The number of benzene rings is 1. The Bertz CT molecular complexity index is 627. The molecule has 2 nitrogen and oxygen atoms in total. The van der Waals surface area contributed by atoms with Crippen molar-refractivity contribution in [2.75, 3.05) is 6.54 Å². The smallest absolute Gasteiger partial charge is 0.220 e. The first-order valence-electron chi connectivity index (χ1n) is 10.6. The van der Waals surface area contributed by atoms with Crippen LogP contribution < -0.4 is 5.32 Å². The predicted molar refractivity (Wildman–Crippen MR) is 107 cm³/mol. The molecule has 0 heterocycles. The first-order valence-corrected chi connectivity index (χ1v) is 10.6. The van der Waals surface area contributed by atoms with Crippen molar-refractivity contribution in [3.8, 4) is 0 Å². The van der Waals surface area contributed by atoms with Crippen LogP contribution in [-0.2, 0) is 10.2 Å². The lowest BCUT2D eigenvalue weighted by atomic mass is 9.41. The number of amides is 1. The summed E-state index contributed by atoms with van der Waals surface area (Å²) in [5.41, 5.74) is 1.62. The van der Waals surface area contributed by atoms with Gasteiger partial charge in [0.2, 0.25) is 5.91 Å². The van der Waals surface area contributed by atoms with E-state index in [1.807, 2.05) is 0 Å². The Morgan fingerprint density at radius 1 is 1.04 bits per heavy atom. The standard InChI is InChI=1S/C24H35NO/c1-16-17-10-20-12-18(16)13-21(11-17)24(20,19-8-6-5-7-9-19)14-22(26)25-15-23(2,3)4/h5-9,16-18,20-21H,10-15H2,1-4H3,(H,25,26). The lowest BCUT2D eigenvalue weighted by molar-refractivity contribution is -0.133. The van der Waals surface area contributed by atoms with Crippen molar-refractivity contribution in [1.82, 2.24) is 5.32 Å². The average molecular weight is 354 g/mol. The van der Waals surface area contributed by atoms with Crippen molar-refractivity contribution in [3.63, 3.8) is 0 Å². The van der Waals surface area contributed by atoms with Crippen LogP contribution in [0.3, 0.4) is 0 Å². The second kappa shape index (κ2) is 6.39. The highest BCUT2D eigenvalue weighted by Crippen LogP contribution is 2.65. The lowest BCUT2D eigenvalue weighted by Crippen LogP contribution is -2.59. The number of rotatable bonds is 4. The van der Waals surface area contributed by atoms with E-state index in [4.69, 9.17) is 0 Å². The first kappa shape index (κ1) is 18.1. The summed E-state index contributed by atoms with van der Waals surface area (Å²) in [6.07, 6.45) is 5.99. The van der Waals surface area contributed by atoms with Gasteiger partial charge in [0.15, 0.2) is 0 Å². The van der Waals surface area contributed by atoms with Crippen molar-refractivity contribution in [2.45, 2.75) is 65.2 Å². The van der Waals surface area contributed by atoms with Crippen molar-refractivity contribution < 1.29 is 4.79 Å². The number of nitrogens with one attached hydrogen (secondary N) is 1. The van der Waals surface area contributed by atoms with Crippen molar-refractivity contribution in [3.05, 3.63) is 35.9 Å². The van der Waals surface area contributed by atoms with Gasteiger partial charge in [-0.2, -0.15) is 0 Å². The first-order chi connectivity index (χ1) is 12.3. The van der Waals surface area contributed by atoms with Crippen molar-refractivity contribution in [1.29, 1.82) is 0 Å². The largest absolute Gasteiger partial charge is 0.356 e. The van der Waals surface area contributed by atoms with Crippen LogP contribution in [0.4, 0.5) is 0 Å². The summed E-state index contributed by atoms with van der Waals surface area (Å²) in [4.78, 5) is 13.0. The van der Waals surface area contributed by atoms with E-state index >= 15 is 0 Å². The molecule has 4 fully saturated rings. The Balaban J connectivity index is 1.64. The third-order valence-corrected chi connectivity index (χ3v) is 7.87. The molecule has 142 valence electrons. The summed E-state index contributed by atoms with van der Waals surface area (Å²) in [6.45, 7) is 9.79. The van der Waals surface area contributed by atoms with Crippen molar-refractivity contribution in [2.24, 2.45) is 35.0 Å². The van der Waals surface area contributed by atoms with Crippen LogP contribution in [0.1, 0.15) is 65.4 Å². The molecular formula is C24H35NO. The Labute approximate surface area is 159 Å². The van der Waals surface area contributed by atoms with Crippen LogP contribution in [0, 0.1) is 35.0 Å². The molecule has 4 saturated carbocycles. The maximum absolute atomic E-state index is 13.0. The highest BCUT2D eigenvalue weighted by Gasteiger charge is 2.60. The molecule has 4 aliphatic carbocycles. The molecule has 2 heteroatoms. The number of carbonyl (C=O) groups excluding carboxylic acids is 1. The number of hydrogen-bond donors (Lipinski definition) is 1. The van der Waals surface area contributed by atoms with E-state index in [0.29, 0.717) is 18.3 Å². The zero-order chi connectivity index (χ0) is 18.5. The maximum Gasteiger partial charge on any atom is 0.220 e. The summed E-state index contributed by atoms with van der Waals surface area (Å²) in [7, 11) is 0. The Hall–Kier alpha value is -1.31. The fourth-order valence-electron chi connectivity index (χ4n) is 6.57. The second-order valence-electron chi connectivity index (χ2n) is 10.6. The molecule has 1 aromatic rings. The summed E-state index contributed by atoms with van der Waals surface area (Å²) in [5.74, 6) is 4.31. The monoisotopic (exact) mass is 353 g/mol. The minimum atomic E-state index is 0.0658. The summed E-state index contributed by atoms with van der Waals surface area (Å²) in [5, 5.41) is 3.25. The van der Waals surface area contributed by atoms with Crippen LogP contribution in [0.25, 0.3) is 0 Å². The molecule has 0 atom stereocenters. The minimum Gasteiger partial charge on any atom is -0.356 e. The van der Waals surface area contributed by atoms with E-state index in [2.05, 4.69) is 63.3 Å². The molecule has 26 heavy (non-hydrogen) atoms. The Kier molecular flexibility index (Phi) is 4.44. The predicted octanol–water partition coefficient (Wildman–Crippen LogP) is 5.18. The van der Waals surface area contributed by atoms with E-state index < -0.39 is 0 Å². The normalized spacial score (nSPS) is 38.4.